The van der Waals surface area contributed by atoms with Gasteiger partial charge in [0.2, 0.25) is 0 Å². The number of carbonyl (C=O) groups excluding carboxylic acids is 3. The molecule has 0 heterocycles. The van der Waals surface area contributed by atoms with E-state index in [1.807, 2.05) is 0 Å². The summed E-state index contributed by atoms with van der Waals surface area (Å²) in [4.78, 5) is 38.3. The highest BCUT2D eigenvalue weighted by Gasteiger charge is 2.19. The zero-order valence-corrected chi connectivity index (χ0v) is 48.7. The van der Waals surface area contributed by atoms with E-state index in [-0.39, 0.29) is 31.1 Å². The van der Waals surface area contributed by atoms with Gasteiger partial charge in [-0.25, -0.2) is 0 Å². The first-order valence-corrected chi connectivity index (χ1v) is 31.8. The lowest BCUT2D eigenvalue weighted by Gasteiger charge is -2.18. The highest BCUT2D eigenvalue weighted by molar-refractivity contribution is 5.71. The van der Waals surface area contributed by atoms with Crippen LogP contribution < -0.4 is 0 Å². The molecule has 1 atom stereocenters. The van der Waals surface area contributed by atoms with Crippen molar-refractivity contribution in [2.45, 2.75) is 335 Å². The van der Waals surface area contributed by atoms with Crippen LogP contribution in [-0.2, 0) is 28.6 Å². The first-order valence-electron chi connectivity index (χ1n) is 31.8. The van der Waals surface area contributed by atoms with Gasteiger partial charge in [-0.2, -0.15) is 0 Å². The SMILES string of the molecule is CCCCCC/C=C\C/C=C\CCCCCCCC(=O)OCC(COC(=O)CCCCCCCCCCC/C=C\C/C=C\CCCCCCC)OC(=O)CCCCCCCCC/C=C\CCCCCCCCC. The molecule has 0 spiro atoms. The van der Waals surface area contributed by atoms with E-state index < -0.39 is 6.10 Å². The lowest BCUT2D eigenvalue weighted by molar-refractivity contribution is -0.167. The summed E-state index contributed by atoms with van der Waals surface area (Å²) in [5.41, 5.74) is 0. The molecule has 1 unspecified atom stereocenters. The fourth-order valence-electron chi connectivity index (χ4n) is 9.15. The van der Waals surface area contributed by atoms with Crippen molar-refractivity contribution < 1.29 is 28.6 Å². The van der Waals surface area contributed by atoms with E-state index in [4.69, 9.17) is 14.2 Å². The average Bonchev–Trinajstić information content (AvgIpc) is 3.39. The summed E-state index contributed by atoms with van der Waals surface area (Å²) < 4.78 is 16.9. The average molecular weight is 1020 g/mol. The van der Waals surface area contributed by atoms with Gasteiger partial charge < -0.3 is 14.2 Å². The van der Waals surface area contributed by atoms with Crippen molar-refractivity contribution in [2.24, 2.45) is 0 Å². The van der Waals surface area contributed by atoms with E-state index in [2.05, 4.69) is 81.5 Å². The first-order chi connectivity index (χ1) is 36.0. The summed E-state index contributed by atoms with van der Waals surface area (Å²) in [6, 6.07) is 0. The molecule has 0 aliphatic heterocycles. The molecule has 0 N–H and O–H groups in total. The second kappa shape index (κ2) is 61.7. The van der Waals surface area contributed by atoms with Crippen LogP contribution in [0.2, 0.25) is 0 Å². The number of esters is 3. The fourth-order valence-corrected chi connectivity index (χ4v) is 9.15. The second-order valence-electron chi connectivity index (χ2n) is 21.3. The number of ether oxygens (including phenoxy) is 3. The Morgan fingerprint density at radius 2 is 0.493 bits per heavy atom. The van der Waals surface area contributed by atoms with Gasteiger partial charge in [0.05, 0.1) is 0 Å². The number of allylic oxidation sites excluding steroid dienone is 10. The maximum Gasteiger partial charge on any atom is 0.306 e. The molecule has 6 heteroatoms. The summed E-state index contributed by atoms with van der Waals surface area (Å²) in [6.45, 7) is 6.63. The van der Waals surface area contributed by atoms with Gasteiger partial charge in [0.1, 0.15) is 13.2 Å². The molecule has 0 aliphatic carbocycles. The Bertz CT molecular complexity index is 1310. The Morgan fingerprint density at radius 3 is 0.781 bits per heavy atom. The van der Waals surface area contributed by atoms with E-state index in [0.29, 0.717) is 19.3 Å². The molecule has 0 radical (unpaired) electrons. The standard InChI is InChI=1S/C67H120O6/c1-4-7-10-13-16-19-22-25-28-31-33-34-35-37-39-42-45-48-51-54-57-60-66(69)72-63-64(62-71-65(68)59-56-53-50-47-44-41-38-30-27-24-21-18-15-12-9-6-3)73-67(70)61-58-55-52-49-46-43-40-36-32-29-26-23-20-17-14-11-8-5-2/h21-22,24-25,29-33,38,64H,4-20,23,26-28,34-37,39-63H2,1-3H3/b24-21-,25-22-,32-29-,33-31-,38-30-. The molecule has 0 saturated heterocycles. The predicted octanol–water partition coefficient (Wildman–Crippen LogP) is 21.6. The van der Waals surface area contributed by atoms with Crippen LogP contribution in [0.4, 0.5) is 0 Å². The monoisotopic (exact) mass is 1020 g/mol. The lowest BCUT2D eigenvalue weighted by atomic mass is 10.1. The van der Waals surface area contributed by atoms with Gasteiger partial charge in [0, 0.05) is 19.3 Å². The van der Waals surface area contributed by atoms with Gasteiger partial charge in [-0.3, -0.25) is 14.4 Å². The number of unbranched alkanes of at least 4 members (excludes halogenated alkanes) is 37. The summed E-state index contributed by atoms with van der Waals surface area (Å²) in [5.74, 6) is -0.888. The first kappa shape index (κ1) is 70.1. The maximum absolute atomic E-state index is 12.9. The van der Waals surface area contributed by atoms with Crippen LogP contribution in [0.15, 0.2) is 60.8 Å². The van der Waals surface area contributed by atoms with Crippen LogP contribution in [-0.4, -0.2) is 37.2 Å². The number of carbonyl (C=O) groups is 3. The van der Waals surface area contributed by atoms with Crippen LogP contribution >= 0.6 is 0 Å². The molecule has 73 heavy (non-hydrogen) atoms. The minimum absolute atomic E-state index is 0.0813. The molecule has 0 bridgehead atoms. The second-order valence-corrected chi connectivity index (χ2v) is 21.3. The summed E-state index contributed by atoms with van der Waals surface area (Å²) in [5, 5.41) is 0. The number of rotatable bonds is 58. The smallest absolute Gasteiger partial charge is 0.306 e. The van der Waals surface area contributed by atoms with E-state index in [1.165, 1.54) is 205 Å². The molecule has 0 aromatic carbocycles. The Hall–Kier alpha value is -2.89. The highest BCUT2D eigenvalue weighted by Crippen LogP contribution is 2.16. The molecule has 0 fully saturated rings. The molecule has 0 aliphatic rings. The van der Waals surface area contributed by atoms with Gasteiger partial charge in [-0.1, -0.05) is 261 Å². The Balaban J connectivity index is 4.38. The third-order valence-electron chi connectivity index (χ3n) is 14.0. The van der Waals surface area contributed by atoms with Crippen LogP contribution in [0.25, 0.3) is 0 Å². The van der Waals surface area contributed by atoms with Gasteiger partial charge in [-0.15, -0.1) is 0 Å². The molecule has 0 saturated carbocycles. The molecular weight excluding hydrogens is 901 g/mol. The van der Waals surface area contributed by atoms with Crippen molar-refractivity contribution in [2.75, 3.05) is 13.2 Å². The van der Waals surface area contributed by atoms with Gasteiger partial charge in [-0.05, 0) is 109 Å². The van der Waals surface area contributed by atoms with Crippen LogP contribution in [0.1, 0.15) is 329 Å². The van der Waals surface area contributed by atoms with Crippen molar-refractivity contribution in [3.05, 3.63) is 60.8 Å². The largest absolute Gasteiger partial charge is 0.462 e. The van der Waals surface area contributed by atoms with Crippen molar-refractivity contribution in [3.63, 3.8) is 0 Å². The summed E-state index contributed by atoms with van der Waals surface area (Å²) in [6.07, 6.45) is 77.9. The zero-order chi connectivity index (χ0) is 52.9. The third kappa shape index (κ3) is 59.9. The molecule has 0 aromatic heterocycles. The van der Waals surface area contributed by atoms with E-state index >= 15 is 0 Å². The van der Waals surface area contributed by atoms with Crippen molar-refractivity contribution in [1.29, 1.82) is 0 Å². The minimum atomic E-state index is -0.785. The van der Waals surface area contributed by atoms with E-state index in [9.17, 15) is 14.4 Å². The van der Waals surface area contributed by atoms with Crippen LogP contribution in [0.5, 0.6) is 0 Å². The normalized spacial score (nSPS) is 12.4. The quantitative estimate of drug-likeness (QED) is 0.0261. The van der Waals surface area contributed by atoms with E-state index in [0.717, 1.165) is 83.5 Å². The van der Waals surface area contributed by atoms with Gasteiger partial charge >= 0.3 is 17.9 Å². The zero-order valence-electron chi connectivity index (χ0n) is 48.7. The number of hydrogen-bond donors (Lipinski definition) is 0. The molecule has 0 amide bonds. The topological polar surface area (TPSA) is 78.9 Å². The lowest BCUT2D eigenvalue weighted by Crippen LogP contribution is -2.30. The van der Waals surface area contributed by atoms with Crippen molar-refractivity contribution >= 4 is 17.9 Å². The maximum atomic E-state index is 12.9. The fraction of sp³-hybridized carbons (Fsp3) is 0.806. The van der Waals surface area contributed by atoms with Crippen molar-refractivity contribution in [1.82, 2.24) is 0 Å². The predicted molar refractivity (Wildman–Crippen MR) is 316 cm³/mol. The van der Waals surface area contributed by atoms with Crippen LogP contribution in [0.3, 0.4) is 0 Å². The number of hydrogen-bond acceptors (Lipinski definition) is 6. The van der Waals surface area contributed by atoms with Crippen LogP contribution in [0, 0.1) is 0 Å². The van der Waals surface area contributed by atoms with E-state index in [1.54, 1.807) is 0 Å². The Kier molecular flexibility index (Phi) is 59.2. The molecular formula is C67H120O6. The van der Waals surface area contributed by atoms with Gasteiger partial charge in [0.25, 0.3) is 0 Å². The third-order valence-corrected chi connectivity index (χ3v) is 14.0. The highest BCUT2D eigenvalue weighted by atomic mass is 16.6. The molecule has 0 rings (SSSR count). The minimum Gasteiger partial charge on any atom is -0.462 e. The molecule has 424 valence electrons. The Labute approximate surface area is 453 Å². The molecule has 0 aromatic rings. The summed E-state index contributed by atoms with van der Waals surface area (Å²) in [7, 11) is 0. The summed E-state index contributed by atoms with van der Waals surface area (Å²) >= 11 is 0. The molecule has 6 nitrogen and oxygen atoms in total. The van der Waals surface area contributed by atoms with Gasteiger partial charge in [0.15, 0.2) is 6.10 Å². The Morgan fingerprint density at radius 1 is 0.274 bits per heavy atom. The van der Waals surface area contributed by atoms with Crippen molar-refractivity contribution in [3.8, 4) is 0 Å².